The van der Waals surface area contributed by atoms with Gasteiger partial charge in [-0.15, -0.1) is 0 Å². The monoisotopic (exact) mass is 262 g/mol. The molecule has 1 N–H and O–H groups in total. The van der Waals surface area contributed by atoms with Crippen LogP contribution < -0.4 is 5.32 Å². The second kappa shape index (κ2) is 6.39. The zero-order chi connectivity index (χ0) is 12.8. The molecule has 0 radical (unpaired) electrons. The summed E-state index contributed by atoms with van der Waals surface area (Å²) in [4.78, 5) is 14.5. The number of hydrogen-bond donors (Lipinski definition) is 1. The minimum Gasteiger partial charge on any atom is -0.351 e. The molecule has 0 aliphatic carbocycles. The third-order valence-corrected chi connectivity index (χ3v) is 3.33. The Hall–Kier alpha value is -1.37. The number of rotatable bonds is 5. The molecule has 0 fully saturated rings. The molecule has 1 aromatic rings. The Labute approximate surface area is 99.9 Å². The molecule has 1 rings (SSSR count). The van der Waals surface area contributed by atoms with Gasteiger partial charge >= 0.3 is 0 Å². The highest BCUT2D eigenvalue weighted by molar-refractivity contribution is 7.84. The number of carbonyl (C=O) groups excluding carboxylic acids is 1. The first kappa shape index (κ1) is 13.7. The lowest BCUT2D eigenvalue weighted by atomic mass is 10.2. The highest BCUT2D eigenvalue weighted by atomic mass is 32.2. The van der Waals surface area contributed by atoms with Crippen molar-refractivity contribution in [2.75, 3.05) is 18.1 Å². The molecule has 1 amide bonds. The van der Waals surface area contributed by atoms with E-state index in [1.165, 1.54) is 0 Å². The molecule has 17 heavy (non-hydrogen) atoms. The van der Waals surface area contributed by atoms with Crippen LogP contribution in [-0.4, -0.2) is 33.2 Å². The van der Waals surface area contributed by atoms with Crippen LogP contribution in [0.5, 0.6) is 0 Å². The van der Waals surface area contributed by atoms with Crippen molar-refractivity contribution in [1.29, 1.82) is 0 Å². The summed E-state index contributed by atoms with van der Waals surface area (Å²) in [6.07, 6.45) is 1.01. The summed E-state index contributed by atoms with van der Waals surface area (Å²) in [5.74, 6) is -2.54. The van der Waals surface area contributed by atoms with Gasteiger partial charge in [-0.3, -0.25) is 9.00 Å². The number of amides is 1. The first-order valence-electron chi connectivity index (χ1n) is 4.99. The summed E-state index contributed by atoms with van der Waals surface area (Å²) < 4.78 is 36.9. The molecule has 4 nitrogen and oxygen atoms in total. The minimum atomic E-state index is -1.31. The number of nitrogens with zero attached hydrogens (tertiary/aromatic N) is 1. The molecule has 0 aliphatic heterocycles. The fourth-order valence-corrected chi connectivity index (χ4v) is 1.73. The number of nitrogens with one attached hydrogen (secondary N) is 1. The molecule has 0 saturated heterocycles. The predicted molar refractivity (Wildman–Crippen MR) is 60.0 cm³/mol. The van der Waals surface area contributed by atoms with Gasteiger partial charge in [0.1, 0.15) is 0 Å². The van der Waals surface area contributed by atoms with E-state index in [0.717, 1.165) is 12.3 Å². The van der Waals surface area contributed by atoms with Crippen LogP contribution in [0.25, 0.3) is 0 Å². The van der Waals surface area contributed by atoms with Gasteiger partial charge in [-0.2, -0.15) is 4.39 Å². The highest BCUT2D eigenvalue weighted by Crippen LogP contribution is 2.08. The second-order valence-corrected chi connectivity index (χ2v) is 5.02. The van der Waals surface area contributed by atoms with E-state index in [2.05, 4.69) is 10.3 Å². The fourth-order valence-electron chi connectivity index (χ4n) is 1.11. The molecule has 1 unspecified atom stereocenters. The fraction of sp³-hybridized carbons (Fsp3) is 0.400. The van der Waals surface area contributed by atoms with Crippen molar-refractivity contribution in [3.05, 3.63) is 29.6 Å². The Morgan fingerprint density at radius 2 is 2.24 bits per heavy atom. The second-order valence-electron chi connectivity index (χ2n) is 3.15. The van der Waals surface area contributed by atoms with Crippen LogP contribution in [0.2, 0.25) is 0 Å². The maximum Gasteiger partial charge on any atom is 0.254 e. The van der Waals surface area contributed by atoms with Crippen molar-refractivity contribution >= 4 is 16.7 Å². The topological polar surface area (TPSA) is 59.1 Å². The van der Waals surface area contributed by atoms with Gasteiger partial charge in [0.2, 0.25) is 5.95 Å². The first-order valence-corrected chi connectivity index (χ1v) is 6.48. The maximum atomic E-state index is 13.1. The normalized spacial score (nSPS) is 12.2. The van der Waals surface area contributed by atoms with E-state index >= 15 is 0 Å². The summed E-state index contributed by atoms with van der Waals surface area (Å²) in [7, 11) is -1.00. The van der Waals surface area contributed by atoms with Crippen LogP contribution >= 0.6 is 0 Å². The molecule has 1 heterocycles. The van der Waals surface area contributed by atoms with Crippen molar-refractivity contribution in [3.63, 3.8) is 0 Å². The number of hydrogen-bond acceptors (Lipinski definition) is 3. The van der Waals surface area contributed by atoms with E-state index in [1.54, 1.807) is 6.92 Å². The largest absolute Gasteiger partial charge is 0.351 e. The summed E-state index contributed by atoms with van der Waals surface area (Å²) in [5, 5.41) is 2.37. The van der Waals surface area contributed by atoms with Gasteiger partial charge in [-0.05, 0) is 6.07 Å². The van der Waals surface area contributed by atoms with Crippen LogP contribution in [0.4, 0.5) is 8.78 Å². The van der Waals surface area contributed by atoms with Gasteiger partial charge in [0, 0.05) is 35.0 Å². The van der Waals surface area contributed by atoms with Crippen LogP contribution in [-0.2, 0) is 10.8 Å². The SMILES string of the molecule is CCS(=O)CCNC(=O)c1ccnc(F)c1F. The quantitative estimate of drug-likeness (QED) is 0.801. The standard InChI is InChI=1S/C10H12F2N2O2S/c1-2-17(16)6-5-14-10(15)7-3-4-13-9(12)8(7)11/h3-4H,2,5-6H2,1H3,(H,14,15). The summed E-state index contributed by atoms with van der Waals surface area (Å²) in [5.41, 5.74) is -0.403. The maximum absolute atomic E-state index is 13.1. The lowest BCUT2D eigenvalue weighted by molar-refractivity contribution is 0.0950. The van der Waals surface area contributed by atoms with Gasteiger partial charge < -0.3 is 5.32 Å². The van der Waals surface area contributed by atoms with E-state index < -0.39 is 34.0 Å². The Morgan fingerprint density at radius 3 is 2.88 bits per heavy atom. The van der Waals surface area contributed by atoms with Crippen molar-refractivity contribution in [1.82, 2.24) is 10.3 Å². The molecule has 94 valence electrons. The molecule has 0 saturated carbocycles. The van der Waals surface area contributed by atoms with E-state index in [1.807, 2.05) is 0 Å². The summed E-state index contributed by atoms with van der Waals surface area (Å²) >= 11 is 0. The van der Waals surface area contributed by atoms with Gasteiger partial charge in [-0.25, -0.2) is 9.37 Å². The lowest BCUT2D eigenvalue weighted by Crippen LogP contribution is -2.29. The van der Waals surface area contributed by atoms with Gasteiger partial charge in [-0.1, -0.05) is 6.92 Å². The number of aromatic nitrogens is 1. The Balaban J connectivity index is 2.59. The molecule has 0 aromatic carbocycles. The van der Waals surface area contributed by atoms with E-state index in [9.17, 15) is 17.8 Å². The van der Waals surface area contributed by atoms with E-state index in [4.69, 9.17) is 0 Å². The van der Waals surface area contributed by atoms with Gasteiger partial charge in [0.05, 0.1) is 5.56 Å². The van der Waals surface area contributed by atoms with Crippen LogP contribution in [0.15, 0.2) is 12.3 Å². The molecule has 1 aromatic heterocycles. The average Bonchev–Trinajstić information content (AvgIpc) is 2.32. The summed E-state index contributed by atoms with van der Waals surface area (Å²) in [6.45, 7) is 1.92. The average molecular weight is 262 g/mol. The first-order chi connectivity index (χ1) is 8.06. The zero-order valence-corrected chi connectivity index (χ0v) is 10.0. The minimum absolute atomic E-state index is 0.155. The molecular formula is C10H12F2N2O2S. The number of carbonyl (C=O) groups is 1. The predicted octanol–water partition coefficient (Wildman–Crippen LogP) is 0.858. The summed E-state index contributed by atoms with van der Waals surface area (Å²) in [6, 6.07) is 1.09. The molecule has 0 spiro atoms. The van der Waals surface area contributed by atoms with Crippen LogP contribution in [0, 0.1) is 11.8 Å². The lowest BCUT2D eigenvalue weighted by Gasteiger charge is -2.05. The Bertz CT molecular complexity index is 440. The van der Waals surface area contributed by atoms with E-state index in [0.29, 0.717) is 5.75 Å². The molecule has 0 aliphatic rings. The van der Waals surface area contributed by atoms with E-state index in [-0.39, 0.29) is 12.3 Å². The van der Waals surface area contributed by atoms with Gasteiger partial charge in [0.25, 0.3) is 5.91 Å². The van der Waals surface area contributed by atoms with Crippen molar-refractivity contribution in [3.8, 4) is 0 Å². The smallest absolute Gasteiger partial charge is 0.254 e. The number of pyridine rings is 1. The highest BCUT2D eigenvalue weighted by Gasteiger charge is 2.15. The van der Waals surface area contributed by atoms with Crippen molar-refractivity contribution < 1.29 is 17.8 Å². The van der Waals surface area contributed by atoms with Gasteiger partial charge in [0.15, 0.2) is 5.82 Å². The van der Waals surface area contributed by atoms with Crippen LogP contribution in [0.3, 0.4) is 0 Å². The molecule has 7 heteroatoms. The van der Waals surface area contributed by atoms with Crippen molar-refractivity contribution in [2.45, 2.75) is 6.92 Å². The number of halogens is 2. The molecule has 1 atom stereocenters. The third-order valence-electron chi connectivity index (χ3n) is 2.03. The molecule has 0 bridgehead atoms. The third kappa shape index (κ3) is 3.85. The molecular weight excluding hydrogens is 250 g/mol. The Kier molecular flexibility index (Phi) is 5.14. The van der Waals surface area contributed by atoms with Crippen LogP contribution in [0.1, 0.15) is 17.3 Å². The zero-order valence-electron chi connectivity index (χ0n) is 9.20. The Morgan fingerprint density at radius 1 is 1.53 bits per heavy atom. The van der Waals surface area contributed by atoms with Crippen molar-refractivity contribution in [2.24, 2.45) is 0 Å².